The van der Waals surface area contributed by atoms with Crippen LogP contribution in [-0.2, 0) is 17.9 Å². The van der Waals surface area contributed by atoms with Gasteiger partial charge in [0.15, 0.2) is 6.54 Å². The Bertz CT molecular complexity index is 954. The summed E-state index contributed by atoms with van der Waals surface area (Å²) in [6.45, 7) is 3.86. The van der Waals surface area contributed by atoms with Crippen LogP contribution in [-0.4, -0.2) is 44.2 Å². The van der Waals surface area contributed by atoms with Gasteiger partial charge in [0.05, 0.1) is 27.2 Å². The van der Waals surface area contributed by atoms with E-state index < -0.39 is 0 Å². The molecule has 2 aromatic rings. The maximum absolute atomic E-state index is 13.2. The molecule has 6 nitrogen and oxygen atoms in total. The first-order chi connectivity index (χ1) is 13.9. The number of carbonyl (C=O) groups is 1. The van der Waals surface area contributed by atoms with E-state index in [9.17, 15) is 14.0 Å². The molecule has 2 aliphatic rings. The minimum Gasteiger partial charge on any atom is -0.332 e. The topological polar surface area (TPSA) is 60.0 Å². The largest absolute Gasteiger partial charge is 0.332 e. The van der Waals surface area contributed by atoms with Crippen molar-refractivity contribution in [3.8, 4) is 0 Å². The van der Waals surface area contributed by atoms with Gasteiger partial charge in [0.1, 0.15) is 18.0 Å². The third-order valence-corrected chi connectivity index (χ3v) is 5.95. The average molecular weight is 400 g/mol. The van der Waals surface area contributed by atoms with Crippen LogP contribution in [0.25, 0.3) is 0 Å². The molecule has 1 aromatic carbocycles. The summed E-state index contributed by atoms with van der Waals surface area (Å²) < 4.78 is 15.0. The van der Waals surface area contributed by atoms with Gasteiger partial charge in [-0.15, -0.1) is 0 Å². The Morgan fingerprint density at radius 1 is 1.21 bits per heavy atom. The summed E-state index contributed by atoms with van der Waals surface area (Å²) in [4.78, 5) is 27.5. The smallest absolute Gasteiger partial charge is 0.279 e. The number of piperidine rings is 1. The molecule has 1 unspecified atom stereocenters. The molecule has 1 saturated heterocycles. The quantitative estimate of drug-likeness (QED) is 0.620. The summed E-state index contributed by atoms with van der Waals surface area (Å²) in [5, 5.41) is 2.77. The number of likely N-dealkylation sites (N-methyl/N-ethyl adjacent to an activating group) is 1. The molecule has 4 rings (SSSR count). The van der Waals surface area contributed by atoms with Crippen LogP contribution in [0.2, 0.25) is 0 Å². The summed E-state index contributed by atoms with van der Waals surface area (Å²) >= 11 is 0. The van der Waals surface area contributed by atoms with Crippen molar-refractivity contribution in [2.45, 2.75) is 25.4 Å². The fraction of sp³-hybridized carbons (Fsp3) is 0.455. The first kappa shape index (κ1) is 19.8. The van der Waals surface area contributed by atoms with Crippen LogP contribution in [0, 0.1) is 11.7 Å². The van der Waals surface area contributed by atoms with Gasteiger partial charge >= 0.3 is 0 Å². The Morgan fingerprint density at radius 2 is 1.97 bits per heavy atom. The Hall–Kier alpha value is -2.51. The summed E-state index contributed by atoms with van der Waals surface area (Å²) in [7, 11) is 3.81. The van der Waals surface area contributed by atoms with Crippen LogP contribution in [0.3, 0.4) is 0 Å². The minimum absolute atomic E-state index is 0.0960. The monoisotopic (exact) mass is 400 g/mol. The molecule has 1 amide bonds. The van der Waals surface area contributed by atoms with Gasteiger partial charge in [-0.2, -0.15) is 0 Å². The number of anilines is 1. The first-order valence-corrected chi connectivity index (χ1v) is 10.3. The molecule has 1 aromatic heterocycles. The Kier molecular flexibility index (Phi) is 5.52. The van der Waals surface area contributed by atoms with Crippen LogP contribution < -0.4 is 20.7 Å². The molecule has 3 N–H and O–H groups in total. The second-order valence-electron chi connectivity index (χ2n) is 8.78. The second kappa shape index (κ2) is 8.08. The number of benzene rings is 1. The third-order valence-electron chi connectivity index (χ3n) is 5.95. The minimum atomic E-state index is -0.206. The van der Waals surface area contributed by atoms with E-state index in [4.69, 9.17) is 0 Å². The van der Waals surface area contributed by atoms with Gasteiger partial charge in [0.2, 0.25) is 0 Å². The van der Waals surface area contributed by atoms with Crippen LogP contribution in [0.1, 0.15) is 23.6 Å². The predicted molar refractivity (Wildman–Crippen MR) is 109 cm³/mol. The number of rotatable bonds is 5. The normalized spacial score (nSPS) is 23.0. The van der Waals surface area contributed by atoms with Crippen molar-refractivity contribution in [2.75, 3.05) is 39.0 Å². The van der Waals surface area contributed by atoms with E-state index in [2.05, 4.69) is 5.32 Å². The number of hydrogen-bond acceptors (Lipinski definition) is 2. The zero-order valence-corrected chi connectivity index (χ0v) is 17.0. The fourth-order valence-corrected chi connectivity index (χ4v) is 4.82. The number of nitrogens with one attached hydrogen (secondary N) is 3. The average Bonchev–Trinajstić information content (AvgIpc) is 2.66. The number of pyridine rings is 1. The second-order valence-corrected chi connectivity index (χ2v) is 8.78. The number of carbonyl (C=O) groups excluding carboxylic acids is 1. The maximum Gasteiger partial charge on any atom is 0.279 e. The van der Waals surface area contributed by atoms with Gasteiger partial charge in [-0.25, -0.2) is 4.39 Å². The van der Waals surface area contributed by atoms with Crippen LogP contribution in [0.5, 0.6) is 0 Å². The molecule has 3 atom stereocenters. The van der Waals surface area contributed by atoms with E-state index in [0.29, 0.717) is 30.6 Å². The molecular weight excluding hydrogens is 371 g/mol. The number of aromatic nitrogens is 1. The summed E-state index contributed by atoms with van der Waals surface area (Å²) in [5.74, 6) is 0.421. The van der Waals surface area contributed by atoms with Crippen molar-refractivity contribution < 1.29 is 19.0 Å². The van der Waals surface area contributed by atoms with E-state index in [1.54, 1.807) is 6.07 Å². The Morgan fingerprint density at radius 3 is 2.69 bits per heavy atom. The van der Waals surface area contributed by atoms with Crippen molar-refractivity contribution in [2.24, 2.45) is 5.92 Å². The molecule has 0 spiro atoms. The third kappa shape index (κ3) is 4.41. The summed E-state index contributed by atoms with van der Waals surface area (Å²) in [5.41, 5.74) is 2.48. The van der Waals surface area contributed by atoms with Gasteiger partial charge in [-0.3, -0.25) is 9.59 Å². The number of fused-ring (bicyclic) bond motifs is 4. The molecule has 154 valence electrons. The highest BCUT2D eigenvalue weighted by Gasteiger charge is 2.37. The van der Waals surface area contributed by atoms with Gasteiger partial charge in [-0.1, -0.05) is 12.1 Å². The van der Waals surface area contributed by atoms with Crippen molar-refractivity contribution >= 4 is 11.6 Å². The highest BCUT2D eigenvalue weighted by atomic mass is 19.1. The number of amides is 1. The highest BCUT2D eigenvalue weighted by molar-refractivity contribution is 5.91. The number of hydrogen-bond donors (Lipinski definition) is 3. The lowest BCUT2D eigenvalue weighted by atomic mass is 9.83. The summed E-state index contributed by atoms with van der Waals surface area (Å²) in [6, 6.07) is 10.5. The van der Waals surface area contributed by atoms with E-state index in [0.717, 1.165) is 42.2 Å². The predicted octanol–water partition coefficient (Wildman–Crippen LogP) is -0.727. The molecule has 0 radical (unpaired) electrons. The first-order valence-electron chi connectivity index (χ1n) is 10.3. The number of nitrogens with zero attached hydrogens (tertiary/aromatic N) is 1. The highest BCUT2D eigenvalue weighted by Crippen LogP contribution is 2.31. The molecule has 2 aliphatic heterocycles. The molecule has 29 heavy (non-hydrogen) atoms. The van der Waals surface area contributed by atoms with Gasteiger partial charge in [0.25, 0.3) is 11.5 Å². The number of halogens is 1. The lowest BCUT2D eigenvalue weighted by molar-refractivity contribution is -0.924. The molecule has 0 saturated carbocycles. The van der Waals surface area contributed by atoms with Crippen molar-refractivity contribution in [1.82, 2.24) is 4.57 Å². The van der Waals surface area contributed by atoms with Gasteiger partial charge in [-0.05, 0) is 30.7 Å². The fourth-order valence-electron chi connectivity index (χ4n) is 4.82. The van der Waals surface area contributed by atoms with E-state index in [1.165, 1.54) is 17.0 Å². The van der Waals surface area contributed by atoms with E-state index in [1.807, 2.05) is 36.9 Å². The molecule has 1 fully saturated rings. The Balaban J connectivity index is 1.50. The molecule has 0 aliphatic carbocycles. The van der Waals surface area contributed by atoms with Crippen molar-refractivity contribution in [3.63, 3.8) is 0 Å². The summed E-state index contributed by atoms with van der Waals surface area (Å²) in [6.07, 6.45) is 1.10. The van der Waals surface area contributed by atoms with E-state index >= 15 is 0 Å². The maximum atomic E-state index is 13.2. The zero-order chi connectivity index (χ0) is 20.5. The van der Waals surface area contributed by atoms with Crippen molar-refractivity contribution in [3.05, 3.63) is 63.8 Å². The van der Waals surface area contributed by atoms with Crippen LogP contribution in [0.4, 0.5) is 10.1 Å². The number of likely N-dealkylation sites (tertiary alicyclic amines) is 1. The number of quaternary nitrogens is 2. The Labute approximate surface area is 169 Å². The van der Waals surface area contributed by atoms with Gasteiger partial charge < -0.3 is 19.7 Å². The molecule has 2 bridgehead atoms. The van der Waals surface area contributed by atoms with Crippen LogP contribution >= 0.6 is 0 Å². The van der Waals surface area contributed by atoms with Crippen LogP contribution in [0.15, 0.2) is 41.2 Å². The lowest BCUT2D eigenvalue weighted by Gasteiger charge is -2.40. The lowest BCUT2D eigenvalue weighted by Crippen LogP contribution is -3.13. The van der Waals surface area contributed by atoms with E-state index in [-0.39, 0.29) is 17.3 Å². The van der Waals surface area contributed by atoms with Crippen molar-refractivity contribution in [1.29, 1.82) is 0 Å². The standard InChI is InChI=1S/C22H27FN4O2/c1-25(2)14-21(28)24-19-7-8-20-17-9-16(12-27(20)22(19)29)11-26(13-17)10-15-3-5-18(23)6-4-15/h3-8,16-17H,9-14H2,1-2H3,(H,24,28)/p+2/t16-,17+/m0/s1. The molecular formula is C22H29FN4O2+2. The van der Waals surface area contributed by atoms with Gasteiger partial charge in [0, 0.05) is 29.6 Å². The molecule has 3 heterocycles. The SMILES string of the molecule is C[NH+](C)CC(=O)Nc1ccc2n(c1=O)C[C@H]1C[C@@H]2C[NH+](Cc2ccc(F)cc2)C1. The zero-order valence-electron chi connectivity index (χ0n) is 17.0. The molecule has 7 heteroatoms.